The van der Waals surface area contributed by atoms with Crippen molar-refractivity contribution in [2.45, 2.75) is 59.3 Å². The predicted molar refractivity (Wildman–Crippen MR) is 74.2 cm³/mol. The number of aliphatic hydroxyl groups is 1. The SMILES string of the molecule is CCCN(CCC)CC1(CO)CCCC(C)C1. The van der Waals surface area contributed by atoms with E-state index in [4.69, 9.17) is 0 Å². The predicted octanol–water partition coefficient (Wildman–Crippen LogP) is 3.30. The third-order valence-electron chi connectivity index (χ3n) is 4.16. The second kappa shape index (κ2) is 7.38. The zero-order chi connectivity index (χ0) is 12.7. The Hall–Kier alpha value is -0.0800. The highest BCUT2D eigenvalue weighted by Crippen LogP contribution is 2.39. The summed E-state index contributed by atoms with van der Waals surface area (Å²) in [5.74, 6) is 0.793. The maximum absolute atomic E-state index is 9.82. The van der Waals surface area contributed by atoms with Crippen LogP contribution < -0.4 is 0 Å². The topological polar surface area (TPSA) is 23.5 Å². The summed E-state index contributed by atoms with van der Waals surface area (Å²) in [5.41, 5.74) is 0.196. The van der Waals surface area contributed by atoms with E-state index in [0.29, 0.717) is 6.61 Å². The third-order valence-corrected chi connectivity index (χ3v) is 4.16. The molecule has 1 aliphatic rings. The van der Waals surface area contributed by atoms with Crippen molar-refractivity contribution in [2.24, 2.45) is 11.3 Å². The summed E-state index contributed by atoms with van der Waals surface area (Å²) in [4.78, 5) is 2.56. The van der Waals surface area contributed by atoms with Crippen molar-refractivity contribution < 1.29 is 5.11 Å². The van der Waals surface area contributed by atoms with Crippen molar-refractivity contribution >= 4 is 0 Å². The lowest BCUT2D eigenvalue weighted by molar-refractivity contribution is 0.0238. The Kier molecular flexibility index (Phi) is 6.50. The van der Waals surface area contributed by atoms with E-state index in [0.717, 1.165) is 12.5 Å². The first-order valence-electron chi connectivity index (χ1n) is 7.49. The van der Waals surface area contributed by atoms with Crippen LogP contribution in [0.5, 0.6) is 0 Å². The Balaban J connectivity index is 2.58. The molecule has 2 nitrogen and oxygen atoms in total. The van der Waals surface area contributed by atoms with Crippen LogP contribution in [-0.2, 0) is 0 Å². The standard InChI is InChI=1S/C15H31NO/c1-4-9-16(10-5-2)12-15(13-17)8-6-7-14(3)11-15/h14,17H,4-13H2,1-3H3. The van der Waals surface area contributed by atoms with Crippen LogP contribution in [-0.4, -0.2) is 36.2 Å². The van der Waals surface area contributed by atoms with Gasteiger partial charge in [0.2, 0.25) is 0 Å². The molecule has 1 fully saturated rings. The monoisotopic (exact) mass is 241 g/mol. The minimum atomic E-state index is 0.196. The van der Waals surface area contributed by atoms with Gasteiger partial charge in [0.1, 0.15) is 0 Å². The molecule has 0 amide bonds. The summed E-state index contributed by atoms with van der Waals surface area (Å²) in [6, 6.07) is 0. The van der Waals surface area contributed by atoms with Crippen molar-refractivity contribution in [3.63, 3.8) is 0 Å². The quantitative estimate of drug-likeness (QED) is 0.739. The average molecular weight is 241 g/mol. The fourth-order valence-electron chi connectivity index (χ4n) is 3.48. The molecule has 2 unspecified atom stereocenters. The molecule has 1 saturated carbocycles. The summed E-state index contributed by atoms with van der Waals surface area (Å²) in [5, 5.41) is 9.82. The molecule has 2 atom stereocenters. The van der Waals surface area contributed by atoms with Crippen molar-refractivity contribution in [3.8, 4) is 0 Å². The Bertz CT molecular complexity index is 201. The van der Waals surface area contributed by atoms with E-state index in [2.05, 4.69) is 25.7 Å². The molecule has 0 aromatic heterocycles. The first-order chi connectivity index (χ1) is 8.15. The van der Waals surface area contributed by atoms with Crippen molar-refractivity contribution in [2.75, 3.05) is 26.2 Å². The number of hydrogen-bond acceptors (Lipinski definition) is 2. The van der Waals surface area contributed by atoms with E-state index in [-0.39, 0.29) is 5.41 Å². The van der Waals surface area contributed by atoms with Gasteiger partial charge in [-0.25, -0.2) is 0 Å². The Labute approximate surface area is 107 Å². The summed E-state index contributed by atoms with van der Waals surface area (Å²) in [6.07, 6.45) is 7.52. The van der Waals surface area contributed by atoms with Gasteiger partial charge in [-0.1, -0.05) is 33.6 Å². The number of rotatable bonds is 7. The van der Waals surface area contributed by atoms with Gasteiger partial charge >= 0.3 is 0 Å². The highest BCUT2D eigenvalue weighted by molar-refractivity contribution is 4.87. The molecule has 0 spiro atoms. The van der Waals surface area contributed by atoms with E-state index in [1.165, 1.54) is 51.6 Å². The maximum Gasteiger partial charge on any atom is 0.0499 e. The highest BCUT2D eigenvalue weighted by atomic mass is 16.3. The summed E-state index contributed by atoms with van der Waals surface area (Å²) >= 11 is 0. The van der Waals surface area contributed by atoms with Gasteiger partial charge in [-0.2, -0.15) is 0 Å². The summed E-state index contributed by atoms with van der Waals surface area (Å²) < 4.78 is 0. The summed E-state index contributed by atoms with van der Waals surface area (Å²) in [6.45, 7) is 10.7. The van der Waals surface area contributed by atoms with E-state index in [9.17, 15) is 5.11 Å². The molecular weight excluding hydrogens is 210 g/mol. The van der Waals surface area contributed by atoms with Gasteiger partial charge < -0.3 is 10.0 Å². The van der Waals surface area contributed by atoms with Crippen LogP contribution in [0.15, 0.2) is 0 Å². The van der Waals surface area contributed by atoms with Gasteiger partial charge in [0.05, 0.1) is 0 Å². The highest BCUT2D eigenvalue weighted by Gasteiger charge is 2.35. The van der Waals surface area contributed by atoms with E-state index < -0.39 is 0 Å². The average Bonchev–Trinajstić information content (AvgIpc) is 2.30. The van der Waals surface area contributed by atoms with Gasteiger partial charge in [-0.05, 0) is 44.7 Å². The van der Waals surface area contributed by atoms with Crippen LogP contribution in [0.2, 0.25) is 0 Å². The molecule has 0 saturated heterocycles. The molecular formula is C15H31NO. The first kappa shape index (κ1) is 15.0. The van der Waals surface area contributed by atoms with E-state index >= 15 is 0 Å². The minimum Gasteiger partial charge on any atom is -0.396 e. The second-order valence-corrected chi connectivity index (χ2v) is 6.14. The molecule has 0 heterocycles. The lowest BCUT2D eigenvalue weighted by Gasteiger charge is -2.42. The largest absolute Gasteiger partial charge is 0.396 e. The zero-order valence-corrected chi connectivity index (χ0v) is 12.0. The molecule has 0 aromatic carbocycles. The number of hydrogen-bond donors (Lipinski definition) is 1. The fraction of sp³-hybridized carbons (Fsp3) is 1.00. The molecule has 1 N–H and O–H groups in total. The Morgan fingerprint density at radius 1 is 1.24 bits per heavy atom. The first-order valence-corrected chi connectivity index (χ1v) is 7.49. The second-order valence-electron chi connectivity index (χ2n) is 6.14. The van der Waals surface area contributed by atoms with Crippen LogP contribution in [0, 0.1) is 11.3 Å². The molecule has 0 aliphatic heterocycles. The van der Waals surface area contributed by atoms with E-state index in [1.807, 2.05) is 0 Å². The number of aliphatic hydroxyl groups excluding tert-OH is 1. The third kappa shape index (κ3) is 4.59. The molecule has 0 aromatic rings. The van der Waals surface area contributed by atoms with Gasteiger partial charge in [0.15, 0.2) is 0 Å². The lowest BCUT2D eigenvalue weighted by atomic mass is 9.70. The molecule has 1 aliphatic carbocycles. The van der Waals surface area contributed by atoms with Crippen LogP contribution in [0.4, 0.5) is 0 Å². The molecule has 1 rings (SSSR count). The van der Waals surface area contributed by atoms with Crippen molar-refractivity contribution in [1.29, 1.82) is 0 Å². The molecule has 0 radical (unpaired) electrons. The van der Waals surface area contributed by atoms with Gasteiger partial charge in [0.25, 0.3) is 0 Å². The Morgan fingerprint density at radius 3 is 2.35 bits per heavy atom. The van der Waals surface area contributed by atoms with Gasteiger partial charge in [0, 0.05) is 18.6 Å². The smallest absolute Gasteiger partial charge is 0.0499 e. The minimum absolute atomic E-state index is 0.196. The van der Waals surface area contributed by atoms with Crippen LogP contribution in [0.3, 0.4) is 0 Å². The van der Waals surface area contributed by atoms with Gasteiger partial charge in [-0.15, -0.1) is 0 Å². The Morgan fingerprint density at radius 2 is 1.88 bits per heavy atom. The molecule has 17 heavy (non-hydrogen) atoms. The van der Waals surface area contributed by atoms with Crippen LogP contribution in [0.1, 0.15) is 59.3 Å². The maximum atomic E-state index is 9.82. The fourth-order valence-corrected chi connectivity index (χ4v) is 3.48. The van der Waals surface area contributed by atoms with Crippen LogP contribution in [0.25, 0.3) is 0 Å². The van der Waals surface area contributed by atoms with Crippen molar-refractivity contribution in [1.82, 2.24) is 4.90 Å². The molecule has 102 valence electrons. The molecule has 2 heteroatoms. The van der Waals surface area contributed by atoms with E-state index in [1.54, 1.807) is 0 Å². The lowest BCUT2D eigenvalue weighted by Crippen LogP contribution is -2.43. The number of nitrogens with zero attached hydrogens (tertiary/aromatic N) is 1. The van der Waals surface area contributed by atoms with Gasteiger partial charge in [-0.3, -0.25) is 0 Å². The van der Waals surface area contributed by atoms with Crippen molar-refractivity contribution in [3.05, 3.63) is 0 Å². The summed E-state index contributed by atoms with van der Waals surface area (Å²) in [7, 11) is 0. The zero-order valence-electron chi connectivity index (χ0n) is 12.0. The normalized spacial score (nSPS) is 29.8. The molecule has 0 bridgehead atoms. The van der Waals surface area contributed by atoms with Crippen LogP contribution >= 0.6 is 0 Å².